The first-order valence-corrected chi connectivity index (χ1v) is 4.99. The fraction of sp³-hybridized carbons (Fsp3) is 0.400. The molecule has 0 radical (unpaired) electrons. The molecule has 1 fully saturated rings. The highest BCUT2D eigenvalue weighted by Gasteiger charge is 2.12. The minimum absolute atomic E-state index is 0.938. The fourth-order valence-corrected chi connectivity index (χ4v) is 2.00. The van der Waals surface area contributed by atoms with Gasteiger partial charge in [0.1, 0.15) is 11.0 Å². The molecule has 1 N–H and O–H groups in total. The first kappa shape index (κ1) is 7.79. The number of hydrogen-bond donors (Lipinski definition) is 1. The number of benzene rings is 1. The lowest BCUT2D eigenvalue weighted by atomic mass is 10.2. The Morgan fingerprint density at radius 1 is 1.07 bits per heavy atom. The lowest BCUT2D eigenvalue weighted by Crippen LogP contribution is -2.17. The predicted octanol–water partition coefficient (Wildman–Crippen LogP) is 1.56. The fourth-order valence-electron chi connectivity index (χ4n) is 2.00. The van der Waals surface area contributed by atoms with Crippen molar-refractivity contribution in [2.24, 2.45) is 0 Å². The molecule has 1 aliphatic rings. The van der Waals surface area contributed by atoms with Gasteiger partial charge >= 0.3 is 0 Å². The van der Waals surface area contributed by atoms with Crippen molar-refractivity contribution >= 4 is 16.7 Å². The van der Waals surface area contributed by atoms with Gasteiger partial charge in [0, 0.05) is 18.8 Å². The molecular weight excluding hydrogens is 176 g/mol. The van der Waals surface area contributed by atoms with Crippen LogP contribution in [-0.2, 0) is 0 Å². The lowest BCUT2D eigenvalue weighted by Gasteiger charge is -2.16. The third-order valence-electron chi connectivity index (χ3n) is 2.77. The van der Waals surface area contributed by atoms with Gasteiger partial charge in [-0.25, -0.2) is 0 Å². The van der Waals surface area contributed by atoms with Crippen LogP contribution in [0.1, 0.15) is 12.8 Å². The van der Waals surface area contributed by atoms with Crippen molar-refractivity contribution in [3.8, 4) is 0 Å². The zero-order valence-electron chi connectivity index (χ0n) is 7.90. The molecule has 0 bridgehead atoms. The molecule has 3 rings (SSSR count). The molecule has 0 saturated carbocycles. The van der Waals surface area contributed by atoms with Gasteiger partial charge in [-0.1, -0.05) is 0 Å². The predicted molar refractivity (Wildman–Crippen MR) is 55.3 cm³/mol. The summed E-state index contributed by atoms with van der Waals surface area (Å²) in [4.78, 5) is 2.40. The highest BCUT2D eigenvalue weighted by Crippen LogP contribution is 2.22. The summed E-state index contributed by atoms with van der Waals surface area (Å²) in [5.41, 5.74) is 3.16. The van der Waals surface area contributed by atoms with Crippen molar-refractivity contribution in [1.29, 1.82) is 0 Å². The van der Waals surface area contributed by atoms with Crippen molar-refractivity contribution in [2.45, 2.75) is 12.8 Å². The molecule has 2 aromatic rings. The van der Waals surface area contributed by atoms with E-state index in [0.717, 1.165) is 11.0 Å². The Morgan fingerprint density at radius 3 is 2.71 bits per heavy atom. The van der Waals surface area contributed by atoms with Crippen LogP contribution in [0.2, 0.25) is 0 Å². The van der Waals surface area contributed by atoms with Crippen LogP contribution in [0, 0.1) is 0 Å². The quantitative estimate of drug-likeness (QED) is 0.738. The smallest absolute Gasteiger partial charge is 0.115 e. The van der Waals surface area contributed by atoms with Crippen LogP contribution in [0.3, 0.4) is 0 Å². The van der Waals surface area contributed by atoms with Crippen LogP contribution in [0.5, 0.6) is 0 Å². The van der Waals surface area contributed by atoms with E-state index in [1.807, 2.05) is 6.07 Å². The Kier molecular flexibility index (Phi) is 1.65. The van der Waals surface area contributed by atoms with Crippen molar-refractivity contribution < 1.29 is 0 Å². The van der Waals surface area contributed by atoms with E-state index in [-0.39, 0.29) is 0 Å². The Bertz CT molecular complexity index is 442. The van der Waals surface area contributed by atoms with Gasteiger partial charge in [0.05, 0.1) is 0 Å². The number of aromatic amines is 1. The van der Waals surface area contributed by atoms with E-state index in [2.05, 4.69) is 32.4 Å². The maximum Gasteiger partial charge on any atom is 0.115 e. The summed E-state index contributed by atoms with van der Waals surface area (Å²) in [6.45, 7) is 2.34. The average Bonchev–Trinajstić information content (AvgIpc) is 2.88. The molecule has 1 aromatic carbocycles. The molecule has 14 heavy (non-hydrogen) atoms. The average molecular weight is 188 g/mol. The van der Waals surface area contributed by atoms with E-state index >= 15 is 0 Å². The van der Waals surface area contributed by atoms with Crippen molar-refractivity contribution in [1.82, 2.24) is 15.4 Å². The van der Waals surface area contributed by atoms with Gasteiger partial charge < -0.3 is 4.90 Å². The Labute approximate surface area is 81.9 Å². The molecule has 0 atom stereocenters. The number of rotatable bonds is 1. The van der Waals surface area contributed by atoms with Crippen LogP contribution in [0.25, 0.3) is 11.0 Å². The minimum Gasteiger partial charge on any atom is -0.371 e. The monoisotopic (exact) mass is 188 g/mol. The highest BCUT2D eigenvalue weighted by molar-refractivity contribution is 5.78. The number of fused-ring (bicyclic) bond motifs is 1. The summed E-state index contributed by atoms with van der Waals surface area (Å²) in [7, 11) is 0. The first-order chi connectivity index (χ1) is 6.93. The number of nitrogens with one attached hydrogen (secondary N) is 1. The molecule has 72 valence electrons. The van der Waals surface area contributed by atoms with Crippen molar-refractivity contribution in [3.63, 3.8) is 0 Å². The summed E-state index contributed by atoms with van der Waals surface area (Å²) >= 11 is 0. The van der Waals surface area contributed by atoms with E-state index in [0.29, 0.717) is 0 Å². The van der Waals surface area contributed by atoms with Crippen molar-refractivity contribution in [2.75, 3.05) is 18.0 Å². The van der Waals surface area contributed by atoms with E-state index < -0.39 is 0 Å². The summed E-state index contributed by atoms with van der Waals surface area (Å²) < 4.78 is 0. The molecule has 1 aromatic heterocycles. The molecule has 1 saturated heterocycles. The third-order valence-corrected chi connectivity index (χ3v) is 2.77. The van der Waals surface area contributed by atoms with Gasteiger partial charge in [-0.15, -0.1) is 0 Å². The summed E-state index contributed by atoms with van der Waals surface area (Å²) in [5.74, 6) is 0. The second kappa shape index (κ2) is 2.97. The zero-order chi connectivity index (χ0) is 9.38. The molecule has 0 spiro atoms. The van der Waals surface area contributed by atoms with E-state index in [4.69, 9.17) is 0 Å². The number of aromatic nitrogens is 3. The summed E-state index contributed by atoms with van der Waals surface area (Å²) in [5, 5.41) is 10.8. The van der Waals surface area contributed by atoms with Crippen LogP contribution < -0.4 is 4.90 Å². The molecule has 0 amide bonds. The standard InChI is InChI=1S/C10H12N4/c1-2-6-14(5-1)8-3-4-9-10(7-8)12-13-11-9/h3-4,7H,1-2,5-6H2,(H,11,12,13). The second-order valence-corrected chi connectivity index (χ2v) is 3.69. The topological polar surface area (TPSA) is 44.8 Å². The summed E-state index contributed by atoms with van der Waals surface area (Å²) in [6.07, 6.45) is 2.60. The van der Waals surface area contributed by atoms with Crippen LogP contribution in [-0.4, -0.2) is 28.5 Å². The Balaban J connectivity index is 2.04. The van der Waals surface area contributed by atoms with E-state index in [9.17, 15) is 0 Å². The third kappa shape index (κ3) is 1.14. The number of anilines is 1. The molecule has 0 aliphatic carbocycles. The molecule has 2 heterocycles. The van der Waals surface area contributed by atoms with Crippen LogP contribution in [0.4, 0.5) is 5.69 Å². The van der Waals surface area contributed by atoms with Crippen LogP contribution in [0.15, 0.2) is 18.2 Å². The van der Waals surface area contributed by atoms with Gasteiger partial charge in [0.25, 0.3) is 0 Å². The maximum absolute atomic E-state index is 4.09. The van der Waals surface area contributed by atoms with E-state index in [1.54, 1.807) is 0 Å². The minimum atomic E-state index is 0.938. The van der Waals surface area contributed by atoms with Crippen LogP contribution >= 0.6 is 0 Å². The van der Waals surface area contributed by atoms with Gasteiger partial charge in [0.2, 0.25) is 0 Å². The van der Waals surface area contributed by atoms with E-state index in [1.165, 1.54) is 31.6 Å². The highest BCUT2D eigenvalue weighted by atomic mass is 15.3. The van der Waals surface area contributed by atoms with Gasteiger partial charge in [-0.3, -0.25) is 0 Å². The largest absolute Gasteiger partial charge is 0.371 e. The molecular formula is C10H12N4. The molecule has 0 unspecified atom stereocenters. The van der Waals surface area contributed by atoms with Gasteiger partial charge in [-0.2, -0.15) is 15.4 Å². The Morgan fingerprint density at radius 2 is 1.86 bits per heavy atom. The molecule has 4 heteroatoms. The number of hydrogen-bond acceptors (Lipinski definition) is 3. The molecule has 1 aliphatic heterocycles. The number of H-pyrrole nitrogens is 1. The number of nitrogens with zero attached hydrogens (tertiary/aromatic N) is 3. The zero-order valence-corrected chi connectivity index (χ0v) is 7.90. The first-order valence-electron chi connectivity index (χ1n) is 4.99. The lowest BCUT2D eigenvalue weighted by molar-refractivity contribution is 0.949. The van der Waals surface area contributed by atoms with Gasteiger partial charge in [-0.05, 0) is 31.0 Å². The van der Waals surface area contributed by atoms with Crippen molar-refractivity contribution in [3.05, 3.63) is 18.2 Å². The molecule has 4 nitrogen and oxygen atoms in total. The van der Waals surface area contributed by atoms with Gasteiger partial charge in [0.15, 0.2) is 0 Å². The summed E-state index contributed by atoms with van der Waals surface area (Å²) in [6, 6.07) is 6.24. The SMILES string of the molecule is c1cc2n[nH]nc2cc1N1CCCC1. The Hall–Kier alpha value is -1.58. The second-order valence-electron chi connectivity index (χ2n) is 3.69. The normalized spacial score (nSPS) is 16.7. The maximum atomic E-state index is 4.09.